The van der Waals surface area contributed by atoms with Gasteiger partial charge in [-0.15, -0.1) is 0 Å². The van der Waals surface area contributed by atoms with Crippen LogP contribution in [0.25, 0.3) is 0 Å². The molecule has 1 saturated heterocycles. The first-order valence-corrected chi connectivity index (χ1v) is 9.29. The Kier molecular flexibility index (Phi) is 4.94. The Bertz CT molecular complexity index is 444. The minimum atomic E-state index is -3.74. The molecule has 0 saturated carbocycles. The molecule has 1 rings (SSSR count). The van der Waals surface area contributed by atoms with Crippen molar-refractivity contribution < 1.29 is 16.8 Å². The molecule has 0 amide bonds. The summed E-state index contributed by atoms with van der Waals surface area (Å²) in [4.78, 5) is 0. The first-order chi connectivity index (χ1) is 7.70. The third-order valence-electron chi connectivity index (χ3n) is 2.82. The van der Waals surface area contributed by atoms with Gasteiger partial charge in [0, 0.05) is 18.8 Å². The van der Waals surface area contributed by atoms with Gasteiger partial charge in [0.1, 0.15) is 0 Å². The largest absolute Gasteiger partial charge is 0.312 e. The van der Waals surface area contributed by atoms with Crippen molar-refractivity contribution in [1.29, 1.82) is 0 Å². The summed E-state index contributed by atoms with van der Waals surface area (Å²) in [6.07, 6.45) is 3.06. The van der Waals surface area contributed by atoms with Crippen molar-refractivity contribution in [1.82, 2.24) is 10.0 Å². The van der Waals surface area contributed by atoms with Gasteiger partial charge in [-0.2, -0.15) is 0 Å². The molecule has 0 spiro atoms. The van der Waals surface area contributed by atoms with Crippen molar-refractivity contribution in [3.05, 3.63) is 0 Å². The quantitative estimate of drug-likeness (QED) is 0.696. The maximum Gasteiger partial charge on any atom is 0.226 e. The summed E-state index contributed by atoms with van der Waals surface area (Å²) in [5.41, 5.74) is 0. The Hall–Kier alpha value is -0.180. The second kappa shape index (κ2) is 5.64. The van der Waals surface area contributed by atoms with Crippen molar-refractivity contribution in [2.24, 2.45) is 5.92 Å². The van der Waals surface area contributed by atoms with Crippen LogP contribution in [0.3, 0.4) is 0 Å². The zero-order valence-electron chi connectivity index (χ0n) is 10.1. The standard InChI is InChI=1S/C9H20N2O4S2/c1-8-4-3-5-10-9(8)6-11-17(14,15)7-16(2,12)13/h8-11H,3-7H2,1-2H3. The highest BCUT2D eigenvalue weighted by Gasteiger charge is 2.24. The summed E-state index contributed by atoms with van der Waals surface area (Å²) in [5, 5.41) is 2.38. The van der Waals surface area contributed by atoms with Gasteiger partial charge in [-0.05, 0) is 25.3 Å². The lowest BCUT2D eigenvalue weighted by molar-refractivity contribution is 0.300. The summed E-state index contributed by atoms with van der Waals surface area (Å²) in [6.45, 7) is 3.18. The minimum Gasteiger partial charge on any atom is -0.312 e. The van der Waals surface area contributed by atoms with Gasteiger partial charge < -0.3 is 5.32 Å². The lowest BCUT2D eigenvalue weighted by atomic mass is 9.93. The third kappa shape index (κ3) is 5.80. The van der Waals surface area contributed by atoms with Crippen molar-refractivity contribution in [2.45, 2.75) is 25.8 Å². The van der Waals surface area contributed by atoms with Gasteiger partial charge in [0.25, 0.3) is 0 Å². The SMILES string of the molecule is CC1CCCNC1CNS(=O)(=O)CS(C)(=O)=O. The molecule has 0 radical (unpaired) electrons. The normalized spacial score (nSPS) is 26.9. The van der Waals surface area contributed by atoms with E-state index in [0.29, 0.717) is 5.92 Å². The fraction of sp³-hybridized carbons (Fsp3) is 1.00. The van der Waals surface area contributed by atoms with E-state index in [2.05, 4.69) is 17.0 Å². The number of rotatable bonds is 5. The topological polar surface area (TPSA) is 92.3 Å². The van der Waals surface area contributed by atoms with Crippen LogP contribution in [-0.4, -0.2) is 47.3 Å². The molecular formula is C9H20N2O4S2. The number of nitrogens with one attached hydrogen (secondary N) is 2. The molecule has 0 aromatic heterocycles. The fourth-order valence-corrected chi connectivity index (χ4v) is 4.95. The van der Waals surface area contributed by atoms with E-state index in [1.54, 1.807) is 0 Å². The van der Waals surface area contributed by atoms with Gasteiger partial charge in [-0.1, -0.05) is 6.92 Å². The van der Waals surface area contributed by atoms with Crippen LogP contribution < -0.4 is 10.0 Å². The highest BCUT2D eigenvalue weighted by molar-refractivity contribution is 8.06. The molecule has 8 heteroatoms. The summed E-state index contributed by atoms with van der Waals surface area (Å²) in [6, 6.07) is 0.0816. The molecule has 6 nitrogen and oxygen atoms in total. The second-order valence-corrected chi connectivity index (χ2v) is 9.00. The van der Waals surface area contributed by atoms with Crippen molar-refractivity contribution in [3.8, 4) is 0 Å². The highest BCUT2D eigenvalue weighted by Crippen LogP contribution is 2.14. The Balaban J connectivity index is 2.49. The van der Waals surface area contributed by atoms with Crippen LogP contribution in [0.5, 0.6) is 0 Å². The fourth-order valence-electron chi connectivity index (χ4n) is 1.93. The first kappa shape index (κ1) is 14.9. The summed E-state index contributed by atoms with van der Waals surface area (Å²) < 4.78 is 47.2. The van der Waals surface area contributed by atoms with Gasteiger partial charge in [0.05, 0.1) is 0 Å². The van der Waals surface area contributed by atoms with E-state index in [1.807, 2.05) is 0 Å². The number of sulfone groups is 1. The molecule has 0 aromatic carbocycles. The summed E-state index contributed by atoms with van der Waals surface area (Å²) >= 11 is 0. The van der Waals surface area contributed by atoms with Crippen LogP contribution in [0.2, 0.25) is 0 Å². The molecular weight excluding hydrogens is 264 g/mol. The smallest absolute Gasteiger partial charge is 0.226 e. The maximum atomic E-state index is 11.5. The first-order valence-electron chi connectivity index (χ1n) is 5.58. The molecule has 1 aliphatic heterocycles. The van der Waals surface area contributed by atoms with Crippen LogP contribution in [0.1, 0.15) is 19.8 Å². The van der Waals surface area contributed by atoms with Crippen LogP contribution in [0.15, 0.2) is 0 Å². The van der Waals surface area contributed by atoms with Gasteiger partial charge in [0.15, 0.2) is 14.9 Å². The maximum absolute atomic E-state index is 11.5. The number of hydrogen-bond donors (Lipinski definition) is 2. The zero-order valence-corrected chi connectivity index (χ0v) is 11.8. The third-order valence-corrected chi connectivity index (χ3v) is 6.38. The molecule has 1 aliphatic rings. The monoisotopic (exact) mass is 284 g/mol. The molecule has 102 valence electrons. The predicted molar refractivity (Wildman–Crippen MR) is 66.8 cm³/mol. The highest BCUT2D eigenvalue weighted by atomic mass is 32.3. The van der Waals surface area contributed by atoms with Crippen molar-refractivity contribution in [2.75, 3.05) is 24.4 Å². The van der Waals surface area contributed by atoms with Gasteiger partial charge >= 0.3 is 0 Å². The summed E-state index contributed by atoms with van der Waals surface area (Å²) in [7, 11) is -7.26. The van der Waals surface area contributed by atoms with Crippen LogP contribution >= 0.6 is 0 Å². The minimum absolute atomic E-state index is 0.0816. The van der Waals surface area contributed by atoms with E-state index in [4.69, 9.17) is 0 Å². The Morgan fingerprint density at radius 1 is 1.29 bits per heavy atom. The lowest BCUT2D eigenvalue weighted by Gasteiger charge is -2.30. The Morgan fingerprint density at radius 2 is 1.94 bits per heavy atom. The molecule has 2 N–H and O–H groups in total. The Morgan fingerprint density at radius 3 is 2.47 bits per heavy atom. The molecule has 1 fully saturated rings. The van der Waals surface area contributed by atoms with Gasteiger partial charge in [-0.25, -0.2) is 21.6 Å². The average Bonchev–Trinajstić information content (AvgIpc) is 2.13. The predicted octanol–water partition coefficient (Wildman–Crippen LogP) is -0.704. The summed E-state index contributed by atoms with van der Waals surface area (Å²) in [5.74, 6) is 0.393. The average molecular weight is 284 g/mol. The van der Waals surface area contributed by atoms with Crippen molar-refractivity contribution in [3.63, 3.8) is 0 Å². The van der Waals surface area contributed by atoms with E-state index in [0.717, 1.165) is 25.6 Å². The lowest BCUT2D eigenvalue weighted by Crippen LogP contribution is -2.48. The Labute approximate surface area is 103 Å². The zero-order chi connectivity index (χ0) is 13.1. The molecule has 2 atom stereocenters. The van der Waals surface area contributed by atoms with E-state index in [9.17, 15) is 16.8 Å². The number of sulfonamides is 1. The van der Waals surface area contributed by atoms with Gasteiger partial charge in [-0.3, -0.25) is 0 Å². The molecule has 0 aromatic rings. The molecule has 1 heterocycles. The molecule has 17 heavy (non-hydrogen) atoms. The van der Waals surface area contributed by atoms with E-state index >= 15 is 0 Å². The molecule has 0 bridgehead atoms. The van der Waals surface area contributed by atoms with Crippen LogP contribution in [-0.2, 0) is 19.9 Å². The number of hydrogen-bond acceptors (Lipinski definition) is 5. The molecule has 0 aliphatic carbocycles. The van der Waals surface area contributed by atoms with Crippen molar-refractivity contribution >= 4 is 19.9 Å². The van der Waals surface area contributed by atoms with Crippen LogP contribution in [0.4, 0.5) is 0 Å². The van der Waals surface area contributed by atoms with Gasteiger partial charge in [0.2, 0.25) is 10.0 Å². The molecule has 2 unspecified atom stereocenters. The number of piperidine rings is 1. The second-order valence-electron chi connectivity index (χ2n) is 4.69. The van der Waals surface area contributed by atoms with Crippen LogP contribution in [0, 0.1) is 5.92 Å². The van der Waals surface area contributed by atoms with E-state index in [1.165, 1.54) is 0 Å². The van der Waals surface area contributed by atoms with E-state index in [-0.39, 0.29) is 12.6 Å². The van der Waals surface area contributed by atoms with E-state index < -0.39 is 24.9 Å².